The summed E-state index contributed by atoms with van der Waals surface area (Å²) in [6.07, 6.45) is 4.53. The van der Waals surface area contributed by atoms with Gasteiger partial charge in [-0.2, -0.15) is 0 Å². The van der Waals surface area contributed by atoms with E-state index in [4.69, 9.17) is 9.47 Å². The van der Waals surface area contributed by atoms with E-state index in [1.54, 1.807) is 25.1 Å². The normalized spacial score (nSPS) is 23.6. The highest BCUT2D eigenvalue weighted by Crippen LogP contribution is 2.35. The molecule has 2 saturated heterocycles. The van der Waals surface area contributed by atoms with E-state index in [-0.39, 0.29) is 37.2 Å². The number of piperidine rings is 1. The van der Waals surface area contributed by atoms with Crippen LogP contribution in [0.5, 0.6) is 11.5 Å². The third-order valence-corrected chi connectivity index (χ3v) is 7.89. The first-order valence-corrected chi connectivity index (χ1v) is 12.6. The number of ether oxygens (including phenoxy) is 2. The molecule has 1 atom stereocenters. The highest BCUT2D eigenvalue weighted by Gasteiger charge is 2.49. The maximum absolute atomic E-state index is 13.4. The number of amides is 4. The number of nitrogens with zero attached hydrogens (tertiary/aromatic N) is 2. The quantitative estimate of drug-likeness (QED) is 0.625. The molecule has 9 nitrogen and oxygen atoms in total. The van der Waals surface area contributed by atoms with Gasteiger partial charge in [-0.05, 0) is 67.9 Å². The number of hydrogen-bond acceptors (Lipinski definition) is 6. The van der Waals surface area contributed by atoms with Crippen molar-refractivity contribution >= 4 is 23.5 Å². The molecule has 3 heterocycles. The summed E-state index contributed by atoms with van der Waals surface area (Å²) in [6.45, 7) is 3.46. The van der Waals surface area contributed by atoms with E-state index in [1.165, 1.54) is 16.0 Å². The van der Waals surface area contributed by atoms with Gasteiger partial charge in [0.25, 0.3) is 5.91 Å². The number of benzene rings is 2. The van der Waals surface area contributed by atoms with Crippen LogP contribution in [0.25, 0.3) is 0 Å². The summed E-state index contributed by atoms with van der Waals surface area (Å²) >= 11 is 0. The zero-order valence-corrected chi connectivity index (χ0v) is 20.3. The first kappa shape index (κ1) is 22.8. The summed E-state index contributed by atoms with van der Waals surface area (Å²) in [5.41, 5.74) is 3.06. The summed E-state index contributed by atoms with van der Waals surface area (Å²) in [6, 6.07) is 11.1. The number of urea groups is 1. The Balaban J connectivity index is 1.05. The van der Waals surface area contributed by atoms with Crippen molar-refractivity contribution in [2.24, 2.45) is 5.92 Å². The van der Waals surface area contributed by atoms with Gasteiger partial charge in [0.05, 0.1) is 6.67 Å². The fourth-order valence-electron chi connectivity index (χ4n) is 5.66. The first-order valence-electron chi connectivity index (χ1n) is 12.6. The summed E-state index contributed by atoms with van der Waals surface area (Å²) in [5.74, 6) is 0.907. The number of imide groups is 1. The highest BCUT2D eigenvalue weighted by atomic mass is 16.7. The van der Waals surface area contributed by atoms with E-state index in [0.717, 1.165) is 24.8 Å². The van der Waals surface area contributed by atoms with Gasteiger partial charge in [-0.15, -0.1) is 0 Å². The van der Waals surface area contributed by atoms with Gasteiger partial charge in [-0.25, -0.2) is 9.69 Å². The second-order valence-corrected chi connectivity index (χ2v) is 10.2. The van der Waals surface area contributed by atoms with Crippen molar-refractivity contribution in [2.75, 3.05) is 31.9 Å². The van der Waals surface area contributed by atoms with Gasteiger partial charge >= 0.3 is 6.03 Å². The van der Waals surface area contributed by atoms with Crippen molar-refractivity contribution in [1.29, 1.82) is 0 Å². The van der Waals surface area contributed by atoms with E-state index < -0.39 is 5.54 Å². The molecule has 4 aliphatic rings. The van der Waals surface area contributed by atoms with E-state index in [0.29, 0.717) is 43.1 Å². The molecule has 0 saturated carbocycles. The lowest BCUT2D eigenvalue weighted by atomic mass is 9.90. The van der Waals surface area contributed by atoms with Gasteiger partial charge < -0.3 is 20.1 Å². The Bertz CT molecular complexity index is 1240. The van der Waals surface area contributed by atoms with Crippen LogP contribution >= 0.6 is 0 Å². The van der Waals surface area contributed by atoms with Crippen LogP contribution in [0, 0.1) is 5.92 Å². The molecule has 3 aliphatic heterocycles. The number of likely N-dealkylation sites (tertiary alicyclic amines) is 1. The number of hydrogen-bond donors (Lipinski definition) is 2. The third-order valence-electron chi connectivity index (χ3n) is 7.89. The molecule has 36 heavy (non-hydrogen) atoms. The second-order valence-electron chi connectivity index (χ2n) is 10.2. The molecule has 0 spiro atoms. The number of anilines is 1. The van der Waals surface area contributed by atoms with Crippen LogP contribution < -0.4 is 20.1 Å². The molecular formula is C27H30N4O5. The Morgan fingerprint density at radius 1 is 1.06 bits per heavy atom. The minimum atomic E-state index is -1.06. The molecule has 0 aromatic heterocycles. The minimum Gasteiger partial charge on any atom is -0.454 e. The summed E-state index contributed by atoms with van der Waals surface area (Å²) in [4.78, 5) is 42.4. The average Bonchev–Trinajstić information content (AvgIpc) is 3.59. The molecule has 1 unspecified atom stereocenters. The number of aryl methyl sites for hydroxylation is 2. The van der Waals surface area contributed by atoms with Crippen LogP contribution in [-0.4, -0.2) is 54.2 Å². The number of carbonyl (C=O) groups excluding carboxylic acids is 3. The molecule has 2 aromatic carbocycles. The van der Waals surface area contributed by atoms with Crippen LogP contribution in [0.15, 0.2) is 36.4 Å². The highest BCUT2D eigenvalue weighted by molar-refractivity contribution is 6.07. The van der Waals surface area contributed by atoms with Gasteiger partial charge in [-0.1, -0.05) is 18.2 Å². The zero-order chi connectivity index (χ0) is 24.9. The van der Waals surface area contributed by atoms with Gasteiger partial charge in [0.2, 0.25) is 12.7 Å². The SMILES string of the molecule is CC1(c2ccc3c(c2)CCC3)NC(=O)N(CN2CCC(C(=O)Nc3ccc4c(c3)OCO4)CC2)C1=O. The second kappa shape index (κ2) is 8.81. The van der Waals surface area contributed by atoms with Crippen molar-refractivity contribution in [3.05, 3.63) is 53.1 Å². The maximum Gasteiger partial charge on any atom is 0.326 e. The summed E-state index contributed by atoms with van der Waals surface area (Å²) in [7, 11) is 0. The number of nitrogens with one attached hydrogen (secondary N) is 2. The Labute approximate surface area is 209 Å². The largest absolute Gasteiger partial charge is 0.454 e. The molecule has 2 fully saturated rings. The van der Waals surface area contributed by atoms with Crippen LogP contribution in [0.3, 0.4) is 0 Å². The van der Waals surface area contributed by atoms with Crippen LogP contribution in [0.1, 0.15) is 42.9 Å². The monoisotopic (exact) mass is 490 g/mol. The summed E-state index contributed by atoms with van der Waals surface area (Å²) in [5, 5.41) is 5.90. The first-order chi connectivity index (χ1) is 17.4. The molecule has 2 aromatic rings. The van der Waals surface area contributed by atoms with Crippen molar-refractivity contribution in [3.63, 3.8) is 0 Å². The molecule has 6 rings (SSSR count). The maximum atomic E-state index is 13.4. The molecule has 4 amide bonds. The zero-order valence-electron chi connectivity index (χ0n) is 20.3. The van der Waals surface area contributed by atoms with Crippen LogP contribution in [0.4, 0.5) is 10.5 Å². The third kappa shape index (κ3) is 3.97. The van der Waals surface area contributed by atoms with E-state index in [2.05, 4.69) is 27.7 Å². The van der Waals surface area contributed by atoms with Crippen LogP contribution in [-0.2, 0) is 28.0 Å². The molecule has 1 aliphatic carbocycles. The van der Waals surface area contributed by atoms with E-state index >= 15 is 0 Å². The topological polar surface area (TPSA) is 100 Å². The molecule has 188 valence electrons. The minimum absolute atomic E-state index is 0.0345. The molecule has 2 N–H and O–H groups in total. The van der Waals surface area contributed by atoms with E-state index in [1.807, 2.05) is 6.07 Å². The van der Waals surface area contributed by atoms with Crippen molar-refractivity contribution in [2.45, 2.75) is 44.6 Å². The lowest BCUT2D eigenvalue weighted by Gasteiger charge is -2.33. The molecular weight excluding hydrogens is 460 g/mol. The predicted octanol–water partition coefficient (Wildman–Crippen LogP) is 2.98. The summed E-state index contributed by atoms with van der Waals surface area (Å²) < 4.78 is 10.7. The lowest BCUT2D eigenvalue weighted by Crippen LogP contribution is -2.47. The van der Waals surface area contributed by atoms with Gasteiger partial charge in [0.15, 0.2) is 11.5 Å². The fraction of sp³-hybridized carbons (Fsp3) is 0.444. The van der Waals surface area contributed by atoms with Gasteiger partial charge in [0, 0.05) is 30.8 Å². The van der Waals surface area contributed by atoms with Crippen molar-refractivity contribution < 1.29 is 23.9 Å². The lowest BCUT2D eigenvalue weighted by molar-refractivity contribution is -0.133. The fourth-order valence-corrected chi connectivity index (χ4v) is 5.66. The Hall–Kier alpha value is -3.59. The number of carbonyl (C=O) groups is 3. The van der Waals surface area contributed by atoms with Gasteiger partial charge in [0.1, 0.15) is 5.54 Å². The smallest absolute Gasteiger partial charge is 0.326 e. The molecule has 0 radical (unpaired) electrons. The number of rotatable bonds is 5. The molecule has 9 heteroatoms. The predicted molar refractivity (Wildman–Crippen MR) is 132 cm³/mol. The number of fused-ring (bicyclic) bond motifs is 2. The van der Waals surface area contributed by atoms with Gasteiger partial charge in [-0.3, -0.25) is 14.5 Å². The van der Waals surface area contributed by atoms with Crippen LogP contribution in [0.2, 0.25) is 0 Å². The Kier molecular flexibility index (Phi) is 5.59. The Morgan fingerprint density at radius 3 is 2.67 bits per heavy atom. The van der Waals surface area contributed by atoms with Crippen molar-refractivity contribution in [3.8, 4) is 11.5 Å². The molecule has 0 bridgehead atoms. The standard InChI is InChI=1S/C27H30N4O5/c1-27(20-6-5-17-3-2-4-19(17)13-20)25(33)31(26(34)29-27)15-30-11-9-18(10-12-30)24(32)28-21-7-8-22-23(14-21)36-16-35-22/h5-8,13-14,18H,2-4,9-12,15-16H2,1H3,(H,28,32)(H,29,34). The average molecular weight is 491 g/mol. The Morgan fingerprint density at radius 2 is 1.83 bits per heavy atom. The van der Waals surface area contributed by atoms with Crippen molar-refractivity contribution in [1.82, 2.24) is 15.1 Å². The van der Waals surface area contributed by atoms with E-state index in [9.17, 15) is 14.4 Å².